The highest BCUT2D eigenvalue weighted by Crippen LogP contribution is 2.22. The van der Waals surface area contributed by atoms with Crippen molar-refractivity contribution < 1.29 is 14.1 Å². The number of aromatic nitrogens is 1. The molecule has 2 heterocycles. The molecule has 0 aliphatic heterocycles. The maximum absolute atomic E-state index is 12.9. The Balaban J connectivity index is 1.87. The Kier molecular flexibility index (Phi) is 3.86. The van der Waals surface area contributed by atoms with Gasteiger partial charge in [0.15, 0.2) is 5.76 Å². The second-order valence-corrected chi connectivity index (χ2v) is 5.86. The number of furan rings is 1. The Morgan fingerprint density at radius 1 is 1.27 bits per heavy atom. The Labute approximate surface area is 129 Å². The number of carbonyl (C=O) groups is 1. The van der Waals surface area contributed by atoms with Crippen LogP contribution in [0.2, 0.25) is 0 Å². The summed E-state index contributed by atoms with van der Waals surface area (Å²) in [5.74, 6) is 1.06. The minimum Gasteiger partial charge on any atom is -0.463 e. The molecule has 0 aliphatic rings. The van der Waals surface area contributed by atoms with E-state index in [2.05, 4.69) is 4.98 Å². The van der Waals surface area contributed by atoms with Crippen LogP contribution in [0.25, 0.3) is 10.9 Å². The Morgan fingerprint density at radius 3 is 2.77 bits per heavy atom. The van der Waals surface area contributed by atoms with Crippen molar-refractivity contribution in [2.45, 2.75) is 26.4 Å². The Hall–Kier alpha value is -2.33. The number of aryl methyl sites for hydroxylation is 1. The molecule has 22 heavy (non-hydrogen) atoms. The van der Waals surface area contributed by atoms with Gasteiger partial charge in [0.1, 0.15) is 12.6 Å². The first-order chi connectivity index (χ1) is 10.6. The van der Waals surface area contributed by atoms with Gasteiger partial charge in [0.05, 0.1) is 18.9 Å². The number of hydrogen-bond acceptors (Lipinski definition) is 2. The van der Waals surface area contributed by atoms with Crippen molar-refractivity contribution >= 4 is 16.7 Å². The van der Waals surface area contributed by atoms with Crippen LogP contribution in [0, 0.1) is 6.92 Å². The van der Waals surface area contributed by atoms with Crippen molar-refractivity contribution in [1.29, 1.82) is 0 Å². The third kappa shape index (κ3) is 2.57. The summed E-state index contributed by atoms with van der Waals surface area (Å²) in [5, 5.41) is 1.00. The van der Waals surface area contributed by atoms with Gasteiger partial charge in [-0.15, -0.1) is 0 Å². The van der Waals surface area contributed by atoms with Crippen molar-refractivity contribution in [2.24, 2.45) is 0 Å². The highest BCUT2D eigenvalue weighted by atomic mass is 16.3. The molecule has 0 saturated carbocycles. The van der Waals surface area contributed by atoms with Crippen LogP contribution in [0.5, 0.6) is 0 Å². The number of hydrogen-bond donors (Lipinski definition) is 2. The molecule has 3 rings (SSSR count). The fourth-order valence-electron chi connectivity index (χ4n) is 2.88. The van der Waals surface area contributed by atoms with E-state index in [4.69, 9.17) is 4.42 Å². The molecule has 0 amide bonds. The van der Waals surface area contributed by atoms with Gasteiger partial charge in [0.25, 0.3) is 0 Å². The molecular formula is C18H21N2O2+. The first kappa shape index (κ1) is 14.6. The van der Waals surface area contributed by atoms with E-state index < -0.39 is 0 Å². The van der Waals surface area contributed by atoms with Crippen LogP contribution >= 0.6 is 0 Å². The molecule has 114 valence electrons. The molecule has 0 bridgehead atoms. The lowest BCUT2D eigenvalue weighted by Crippen LogP contribution is -3.12. The zero-order valence-corrected chi connectivity index (χ0v) is 13.1. The van der Waals surface area contributed by atoms with Gasteiger partial charge < -0.3 is 14.3 Å². The molecule has 4 heteroatoms. The minimum absolute atomic E-state index is 0.136. The number of carbonyl (C=O) groups excluding carboxylic acids is 1. The maximum atomic E-state index is 12.9. The molecule has 4 nitrogen and oxygen atoms in total. The number of ketones is 1. The van der Waals surface area contributed by atoms with Crippen LogP contribution in [0.4, 0.5) is 0 Å². The molecule has 0 radical (unpaired) electrons. The molecular weight excluding hydrogens is 276 g/mol. The molecule has 0 aliphatic carbocycles. The van der Waals surface area contributed by atoms with Crippen molar-refractivity contribution in [3.63, 3.8) is 0 Å². The van der Waals surface area contributed by atoms with E-state index in [0.717, 1.165) is 32.8 Å². The van der Waals surface area contributed by atoms with Crippen LogP contribution < -0.4 is 4.90 Å². The molecule has 3 aromatic rings. The van der Waals surface area contributed by atoms with E-state index in [-0.39, 0.29) is 11.8 Å². The van der Waals surface area contributed by atoms with Gasteiger partial charge in [-0.1, -0.05) is 18.2 Å². The highest BCUT2D eigenvalue weighted by Gasteiger charge is 2.27. The SMILES string of the molecule is Cc1[nH]c2ccccc2c1C(=O)[C@H](C)[NH+](C)Cc1ccco1. The van der Waals surface area contributed by atoms with Gasteiger partial charge in [-0.3, -0.25) is 4.79 Å². The first-order valence-corrected chi connectivity index (χ1v) is 7.54. The lowest BCUT2D eigenvalue weighted by Gasteiger charge is -2.19. The zero-order valence-electron chi connectivity index (χ0n) is 13.1. The van der Waals surface area contributed by atoms with Crippen molar-refractivity contribution in [3.05, 3.63) is 59.7 Å². The predicted molar refractivity (Wildman–Crippen MR) is 86.1 cm³/mol. The van der Waals surface area contributed by atoms with Gasteiger partial charge in [0, 0.05) is 16.6 Å². The maximum Gasteiger partial charge on any atom is 0.222 e. The van der Waals surface area contributed by atoms with Crippen LogP contribution in [0.3, 0.4) is 0 Å². The Morgan fingerprint density at radius 2 is 2.05 bits per heavy atom. The fourth-order valence-corrected chi connectivity index (χ4v) is 2.88. The number of nitrogens with one attached hydrogen (secondary N) is 2. The summed E-state index contributed by atoms with van der Waals surface area (Å²) in [7, 11) is 2.02. The topological polar surface area (TPSA) is 50.4 Å². The highest BCUT2D eigenvalue weighted by molar-refractivity contribution is 6.10. The molecule has 1 aromatic carbocycles. The van der Waals surface area contributed by atoms with Gasteiger partial charge in [-0.2, -0.15) is 0 Å². The third-order valence-corrected chi connectivity index (χ3v) is 4.31. The molecule has 0 saturated heterocycles. The standard InChI is InChI=1S/C18H20N2O2/c1-12-17(15-8-4-5-9-16(15)19-12)18(21)13(2)20(3)11-14-7-6-10-22-14/h4-10,13,19H,11H2,1-3H3/p+1/t13-/m0/s1. The van der Waals surface area contributed by atoms with Gasteiger partial charge in [-0.25, -0.2) is 0 Å². The normalized spacial score (nSPS) is 14.1. The zero-order chi connectivity index (χ0) is 15.7. The summed E-state index contributed by atoms with van der Waals surface area (Å²) >= 11 is 0. The number of benzene rings is 1. The molecule has 2 aromatic heterocycles. The average molecular weight is 297 g/mol. The molecule has 0 fully saturated rings. The van der Waals surface area contributed by atoms with E-state index >= 15 is 0 Å². The van der Waals surface area contributed by atoms with Gasteiger partial charge in [0.2, 0.25) is 5.78 Å². The van der Waals surface area contributed by atoms with E-state index in [0.29, 0.717) is 6.54 Å². The van der Waals surface area contributed by atoms with E-state index in [1.807, 2.05) is 57.3 Å². The van der Waals surface area contributed by atoms with Crippen molar-refractivity contribution in [1.82, 2.24) is 4.98 Å². The molecule has 0 spiro atoms. The molecule has 2 atom stereocenters. The lowest BCUT2D eigenvalue weighted by atomic mass is 10.0. The molecule has 1 unspecified atom stereocenters. The summed E-state index contributed by atoms with van der Waals surface area (Å²) < 4.78 is 5.38. The van der Waals surface area contributed by atoms with Crippen LogP contribution in [-0.2, 0) is 6.54 Å². The number of para-hydroxylation sites is 1. The van der Waals surface area contributed by atoms with Crippen LogP contribution in [0.15, 0.2) is 47.1 Å². The monoisotopic (exact) mass is 297 g/mol. The van der Waals surface area contributed by atoms with Crippen molar-refractivity contribution in [3.8, 4) is 0 Å². The summed E-state index contributed by atoms with van der Waals surface area (Å²) in [5.41, 5.74) is 2.75. The van der Waals surface area contributed by atoms with Gasteiger partial charge >= 0.3 is 0 Å². The summed E-state index contributed by atoms with van der Waals surface area (Å²) in [6.07, 6.45) is 1.67. The minimum atomic E-state index is -0.136. The third-order valence-electron chi connectivity index (χ3n) is 4.31. The van der Waals surface area contributed by atoms with Crippen LogP contribution in [0.1, 0.15) is 28.7 Å². The number of aromatic amines is 1. The smallest absolute Gasteiger partial charge is 0.222 e. The van der Waals surface area contributed by atoms with Crippen LogP contribution in [-0.4, -0.2) is 23.9 Å². The van der Waals surface area contributed by atoms with E-state index in [9.17, 15) is 4.79 Å². The van der Waals surface area contributed by atoms with E-state index in [1.165, 1.54) is 0 Å². The largest absolute Gasteiger partial charge is 0.463 e. The number of rotatable bonds is 5. The predicted octanol–water partition coefficient (Wildman–Crippen LogP) is 2.36. The fraction of sp³-hybridized carbons (Fsp3) is 0.278. The number of quaternary nitrogens is 1. The Bertz CT molecular complexity index is 787. The number of fused-ring (bicyclic) bond motifs is 1. The number of Topliss-reactive ketones (excluding diaryl/α,β-unsaturated/α-hetero) is 1. The van der Waals surface area contributed by atoms with Crippen molar-refractivity contribution in [2.75, 3.05) is 7.05 Å². The summed E-state index contributed by atoms with van der Waals surface area (Å²) in [4.78, 5) is 17.4. The number of H-pyrrole nitrogens is 1. The van der Waals surface area contributed by atoms with Gasteiger partial charge in [-0.05, 0) is 32.0 Å². The molecule has 2 N–H and O–H groups in total. The summed E-state index contributed by atoms with van der Waals surface area (Å²) in [6, 6.07) is 11.6. The lowest BCUT2D eigenvalue weighted by molar-refractivity contribution is -0.908. The second-order valence-electron chi connectivity index (χ2n) is 5.86. The number of likely N-dealkylation sites (N-methyl/N-ethyl adjacent to an activating group) is 1. The second kappa shape index (κ2) is 5.81. The first-order valence-electron chi connectivity index (χ1n) is 7.54. The quantitative estimate of drug-likeness (QED) is 0.710. The summed E-state index contributed by atoms with van der Waals surface area (Å²) in [6.45, 7) is 4.63. The van der Waals surface area contributed by atoms with E-state index in [1.54, 1.807) is 6.26 Å². The average Bonchev–Trinajstić information content (AvgIpc) is 3.12.